The topological polar surface area (TPSA) is 46.9 Å². The number of benzene rings is 1. The number of ketones is 1. The van der Waals surface area contributed by atoms with Crippen LogP contribution in [0, 0.1) is 0 Å². The molecule has 1 unspecified atom stereocenters. The minimum Gasteiger partial charge on any atom is -0.385 e. The van der Waals surface area contributed by atoms with Gasteiger partial charge in [-0.3, -0.25) is 9.48 Å². The Hall–Kier alpha value is -1.62. The Morgan fingerprint density at radius 1 is 1.47 bits per heavy atom. The maximum Gasteiger partial charge on any atom is 0.189 e. The van der Waals surface area contributed by atoms with Crippen molar-refractivity contribution >= 4 is 27.4 Å². The summed E-state index contributed by atoms with van der Waals surface area (Å²) in [5.74, 6) is 0.0324. The SMILES string of the molecule is Cn1ncc(Br)c1C(=O)C1CCNc2ccccc21. The maximum atomic E-state index is 12.7. The van der Waals surface area contributed by atoms with Gasteiger partial charge in [0.2, 0.25) is 0 Å². The van der Waals surface area contributed by atoms with Crippen LogP contribution in [0.3, 0.4) is 0 Å². The smallest absolute Gasteiger partial charge is 0.189 e. The van der Waals surface area contributed by atoms with E-state index in [1.165, 1.54) is 0 Å². The molecule has 0 aliphatic carbocycles. The summed E-state index contributed by atoms with van der Waals surface area (Å²) in [4.78, 5) is 12.7. The summed E-state index contributed by atoms with van der Waals surface area (Å²) >= 11 is 3.40. The first-order chi connectivity index (χ1) is 9.18. The Bertz CT molecular complexity index is 616. The number of nitrogens with zero attached hydrogens (tertiary/aromatic N) is 2. The van der Waals surface area contributed by atoms with E-state index in [-0.39, 0.29) is 11.7 Å². The highest BCUT2D eigenvalue weighted by Crippen LogP contribution is 2.34. The molecule has 2 aromatic rings. The average Bonchev–Trinajstić information content (AvgIpc) is 2.77. The second kappa shape index (κ2) is 4.81. The van der Waals surface area contributed by atoms with Crippen molar-refractivity contribution in [1.82, 2.24) is 9.78 Å². The fraction of sp³-hybridized carbons (Fsp3) is 0.286. The molecule has 1 aromatic heterocycles. The molecule has 1 aromatic carbocycles. The van der Waals surface area contributed by atoms with E-state index in [4.69, 9.17) is 0 Å². The number of aromatic nitrogens is 2. The molecule has 3 rings (SSSR count). The molecule has 4 nitrogen and oxygen atoms in total. The molecule has 0 amide bonds. The summed E-state index contributed by atoms with van der Waals surface area (Å²) in [7, 11) is 1.80. The number of para-hydroxylation sites is 1. The Morgan fingerprint density at radius 2 is 2.26 bits per heavy atom. The number of hydrogen-bond acceptors (Lipinski definition) is 3. The van der Waals surface area contributed by atoms with Crippen molar-refractivity contribution in [2.75, 3.05) is 11.9 Å². The molecule has 1 aliphatic heterocycles. The molecule has 0 bridgehead atoms. The van der Waals surface area contributed by atoms with Gasteiger partial charge in [-0.05, 0) is 34.0 Å². The van der Waals surface area contributed by atoms with Crippen molar-refractivity contribution in [3.8, 4) is 0 Å². The molecule has 1 N–H and O–H groups in total. The molecule has 2 heterocycles. The van der Waals surface area contributed by atoms with Crippen LogP contribution in [0.25, 0.3) is 0 Å². The molecular formula is C14H14BrN3O. The average molecular weight is 320 g/mol. The number of fused-ring (bicyclic) bond motifs is 1. The number of carbonyl (C=O) groups is 1. The van der Waals surface area contributed by atoms with Crippen molar-refractivity contribution in [2.45, 2.75) is 12.3 Å². The van der Waals surface area contributed by atoms with Gasteiger partial charge in [-0.15, -0.1) is 0 Å². The Balaban J connectivity index is 2.03. The van der Waals surface area contributed by atoms with Gasteiger partial charge in [0.25, 0.3) is 0 Å². The predicted octanol–water partition coefficient (Wildman–Crippen LogP) is 2.96. The molecular weight excluding hydrogens is 306 g/mol. The van der Waals surface area contributed by atoms with Crippen LogP contribution in [0.5, 0.6) is 0 Å². The van der Waals surface area contributed by atoms with E-state index in [0.29, 0.717) is 5.69 Å². The molecule has 0 fully saturated rings. The van der Waals surface area contributed by atoms with Gasteiger partial charge in [-0.1, -0.05) is 18.2 Å². The zero-order valence-corrected chi connectivity index (χ0v) is 12.1. The number of aryl methyl sites for hydroxylation is 1. The quantitative estimate of drug-likeness (QED) is 0.866. The summed E-state index contributed by atoms with van der Waals surface area (Å²) in [6.07, 6.45) is 2.48. The van der Waals surface area contributed by atoms with Gasteiger partial charge in [0, 0.05) is 19.3 Å². The van der Waals surface area contributed by atoms with E-state index < -0.39 is 0 Å². The largest absolute Gasteiger partial charge is 0.385 e. The molecule has 0 saturated carbocycles. The van der Waals surface area contributed by atoms with Gasteiger partial charge in [0.1, 0.15) is 5.69 Å². The molecule has 5 heteroatoms. The van der Waals surface area contributed by atoms with Crippen LogP contribution in [0.15, 0.2) is 34.9 Å². The minimum atomic E-state index is -0.0934. The van der Waals surface area contributed by atoms with Gasteiger partial charge >= 0.3 is 0 Å². The minimum absolute atomic E-state index is 0.0934. The van der Waals surface area contributed by atoms with Crippen molar-refractivity contribution in [2.24, 2.45) is 7.05 Å². The highest BCUT2D eigenvalue weighted by atomic mass is 79.9. The lowest BCUT2D eigenvalue weighted by atomic mass is 9.86. The predicted molar refractivity (Wildman–Crippen MR) is 77.5 cm³/mol. The van der Waals surface area contributed by atoms with Gasteiger partial charge < -0.3 is 5.32 Å². The molecule has 98 valence electrons. The lowest BCUT2D eigenvalue weighted by Gasteiger charge is -2.25. The number of halogens is 1. The highest BCUT2D eigenvalue weighted by molar-refractivity contribution is 9.10. The summed E-state index contributed by atoms with van der Waals surface area (Å²) < 4.78 is 2.40. The number of anilines is 1. The van der Waals surface area contributed by atoms with Crippen LogP contribution >= 0.6 is 15.9 Å². The van der Waals surface area contributed by atoms with E-state index in [0.717, 1.165) is 28.7 Å². The monoisotopic (exact) mass is 319 g/mol. The van der Waals surface area contributed by atoms with Crippen LogP contribution in [-0.4, -0.2) is 22.1 Å². The van der Waals surface area contributed by atoms with E-state index in [1.807, 2.05) is 24.3 Å². The van der Waals surface area contributed by atoms with Gasteiger partial charge in [0.05, 0.1) is 16.6 Å². The van der Waals surface area contributed by atoms with Gasteiger partial charge in [-0.25, -0.2) is 0 Å². The second-order valence-electron chi connectivity index (χ2n) is 4.68. The summed E-state index contributed by atoms with van der Waals surface area (Å²) in [5, 5.41) is 7.46. The fourth-order valence-corrected chi connectivity index (χ4v) is 3.14. The van der Waals surface area contributed by atoms with Crippen molar-refractivity contribution < 1.29 is 4.79 Å². The normalized spacial score (nSPS) is 17.7. The summed E-state index contributed by atoms with van der Waals surface area (Å²) in [6.45, 7) is 0.822. The van der Waals surface area contributed by atoms with E-state index >= 15 is 0 Å². The van der Waals surface area contributed by atoms with E-state index in [2.05, 4.69) is 26.3 Å². The Labute approximate surface area is 119 Å². The number of hydrogen-bond donors (Lipinski definition) is 1. The van der Waals surface area contributed by atoms with Crippen molar-refractivity contribution in [3.05, 3.63) is 46.2 Å². The van der Waals surface area contributed by atoms with E-state index in [1.54, 1.807) is 17.9 Å². The number of Topliss-reactive ketones (excluding diaryl/α,β-unsaturated/α-hetero) is 1. The molecule has 19 heavy (non-hydrogen) atoms. The first-order valence-corrected chi connectivity index (χ1v) is 7.02. The Morgan fingerprint density at radius 3 is 3.00 bits per heavy atom. The first-order valence-electron chi connectivity index (χ1n) is 6.23. The standard InChI is InChI=1S/C14H14BrN3O/c1-18-13(11(15)8-17-18)14(19)10-6-7-16-12-5-3-2-4-9(10)12/h2-5,8,10,16H,6-7H2,1H3. The number of rotatable bonds is 2. The number of carbonyl (C=O) groups excluding carboxylic acids is 1. The van der Waals surface area contributed by atoms with Gasteiger partial charge in [0.15, 0.2) is 5.78 Å². The third-order valence-electron chi connectivity index (χ3n) is 3.53. The van der Waals surface area contributed by atoms with Crippen LogP contribution in [0.2, 0.25) is 0 Å². The van der Waals surface area contributed by atoms with Crippen molar-refractivity contribution in [3.63, 3.8) is 0 Å². The maximum absolute atomic E-state index is 12.7. The lowest BCUT2D eigenvalue weighted by Crippen LogP contribution is -2.24. The highest BCUT2D eigenvalue weighted by Gasteiger charge is 2.29. The third-order valence-corrected chi connectivity index (χ3v) is 4.11. The summed E-state index contributed by atoms with van der Waals surface area (Å²) in [6, 6.07) is 8.00. The molecule has 1 aliphatic rings. The van der Waals surface area contributed by atoms with E-state index in [9.17, 15) is 4.79 Å². The second-order valence-corrected chi connectivity index (χ2v) is 5.54. The summed E-state index contributed by atoms with van der Waals surface area (Å²) in [5.41, 5.74) is 2.78. The fourth-order valence-electron chi connectivity index (χ4n) is 2.59. The molecule has 0 spiro atoms. The lowest BCUT2D eigenvalue weighted by molar-refractivity contribution is 0.0945. The molecule has 0 saturated heterocycles. The molecule has 0 radical (unpaired) electrons. The molecule has 1 atom stereocenters. The third kappa shape index (κ3) is 2.08. The zero-order chi connectivity index (χ0) is 13.4. The van der Waals surface area contributed by atoms with Crippen LogP contribution in [0.1, 0.15) is 28.4 Å². The van der Waals surface area contributed by atoms with Crippen LogP contribution in [-0.2, 0) is 7.05 Å². The van der Waals surface area contributed by atoms with Crippen LogP contribution < -0.4 is 5.32 Å². The van der Waals surface area contributed by atoms with Crippen LogP contribution in [0.4, 0.5) is 5.69 Å². The van der Waals surface area contributed by atoms with Gasteiger partial charge in [-0.2, -0.15) is 5.10 Å². The Kier molecular flexibility index (Phi) is 3.14. The number of nitrogens with one attached hydrogen (secondary N) is 1. The van der Waals surface area contributed by atoms with Crippen molar-refractivity contribution in [1.29, 1.82) is 0 Å². The first kappa shape index (κ1) is 12.4. The zero-order valence-electron chi connectivity index (χ0n) is 10.6.